The Labute approximate surface area is 219 Å². The largest absolute Gasteiger partial charge is 0.463 e. The van der Waals surface area contributed by atoms with Crippen molar-refractivity contribution >= 4 is 72.7 Å². The van der Waals surface area contributed by atoms with Gasteiger partial charge >= 0.3 is 11.7 Å². The van der Waals surface area contributed by atoms with E-state index in [-0.39, 0.29) is 18.5 Å². The van der Waals surface area contributed by atoms with Gasteiger partial charge in [0.1, 0.15) is 24.1 Å². The van der Waals surface area contributed by atoms with Crippen LogP contribution in [0.15, 0.2) is 45.9 Å². The molecule has 0 unspecified atom stereocenters. The van der Waals surface area contributed by atoms with Gasteiger partial charge < -0.3 is 24.3 Å². The third-order valence-electron chi connectivity index (χ3n) is 6.17. The summed E-state index contributed by atoms with van der Waals surface area (Å²) in [6, 6.07) is 9.36. The molecule has 0 atom stereocenters. The van der Waals surface area contributed by atoms with E-state index in [1.165, 1.54) is 10.9 Å². The van der Waals surface area contributed by atoms with Crippen LogP contribution in [0.1, 0.15) is 0 Å². The van der Waals surface area contributed by atoms with Gasteiger partial charge in [0.05, 0.1) is 28.3 Å². The average molecular weight is 576 g/mol. The van der Waals surface area contributed by atoms with Crippen molar-refractivity contribution in [1.29, 1.82) is 0 Å². The third kappa shape index (κ3) is 5.04. The van der Waals surface area contributed by atoms with E-state index in [9.17, 15) is 9.59 Å². The number of oxazole rings is 1. The van der Waals surface area contributed by atoms with Crippen molar-refractivity contribution in [3.05, 3.63) is 52.2 Å². The minimum atomic E-state index is -0.538. The minimum absolute atomic E-state index is 0.0472. The zero-order valence-corrected chi connectivity index (χ0v) is 21.9. The number of hydrogen-bond donors (Lipinski definition) is 1. The Balaban J connectivity index is 1.43. The number of ether oxygens (including phenoxy) is 1. The smallest absolute Gasteiger partial charge is 0.420 e. The van der Waals surface area contributed by atoms with E-state index < -0.39 is 11.7 Å². The van der Waals surface area contributed by atoms with Crippen LogP contribution in [-0.2, 0) is 16.1 Å². The van der Waals surface area contributed by atoms with Gasteiger partial charge in [-0.1, -0.05) is 27.5 Å². The first-order valence-electron chi connectivity index (χ1n) is 11.4. The molecule has 1 aliphatic heterocycles. The quantitative estimate of drug-likeness (QED) is 0.261. The van der Waals surface area contributed by atoms with Gasteiger partial charge in [-0.25, -0.2) is 14.8 Å². The molecule has 0 spiro atoms. The van der Waals surface area contributed by atoms with Crippen LogP contribution in [0.5, 0.6) is 0 Å². The lowest BCUT2D eigenvalue weighted by Crippen LogP contribution is -2.44. The molecule has 1 N–H and O–H groups in total. The monoisotopic (exact) mass is 574 g/mol. The fourth-order valence-corrected chi connectivity index (χ4v) is 4.70. The molecule has 1 aliphatic rings. The van der Waals surface area contributed by atoms with Crippen molar-refractivity contribution in [3.63, 3.8) is 0 Å². The molecule has 10 nitrogen and oxygen atoms in total. The number of piperazine rings is 1. The molecular weight excluding hydrogens is 552 g/mol. The number of alkyl halides is 1. The van der Waals surface area contributed by atoms with Gasteiger partial charge in [0.25, 0.3) is 0 Å². The molecule has 2 aromatic carbocycles. The predicted octanol–water partition coefficient (Wildman–Crippen LogP) is 3.62. The molecule has 0 radical (unpaired) electrons. The van der Waals surface area contributed by atoms with E-state index in [0.717, 1.165) is 37.6 Å². The second-order valence-corrected chi connectivity index (χ2v) is 9.48. The molecule has 0 aliphatic carbocycles. The standard InChI is InChI=1S/C24H24BrClN6O4/c1-30-4-6-31(7-5-30)19-3-2-15(10-17(19)26)29-23-16-11-20-21(12-18(16)27-14-28-23)36-24(34)32(20)8-9-35-22(33)13-25/h2-3,10-12,14H,4-9,13H2,1H3,(H,27,28,29). The van der Waals surface area contributed by atoms with Crippen LogP contribution in [0, 0.1) is 0 Å². The lowest BCUT2D eigenvalue weighted by molar-refractivity contribution is -0.140. The normalized spacial score (nSPS) is 14.5. The van der Waals surface area contributed by atoms with Crippen LogP contribution in [-0.4, -0.2) is 70.6 Å². The van der Waals surface area contributed by atoms with Gasteiger partial charge in [-0.2, -0.15) is 0 Å². The van der Waals surface area contributed by atoms with Crippen molar-refractivity contribution in [2.24, 2.45) is 0 Å². The number of anilines is 3. The van der Waals surface area contributed by atoms with Crippen LogP contribution in [0.3, 0.4) is 0 Å². The number of aromatic nitrogens is 3. The van der Waals surface area contributed by atoms with E-state index in [1.54, 1.807) is 12.1 Å². The molecule has 4 aromatic rings. The number of nitrogens with one attached hydrogen (secondary N) is 1. The first kappa shape index (κ1) is 24.5. The number of hydrogen-bond acceptors (Lipinski definition) is 9. The van der Waals surface area contributed by atoms with E-state index in [4.69, 9.17) is 20.8 Å². The Morgan fingerprint density at radius 3 is 2.75 bits per heavy atom. The highest BCUT2D eigenvalue weighted by molar-refractivity contribution is 9.09. The maximum atomic E-state index is 12.4. The highest BCUT2D eigenvalue weighted by Crippen LogP contribution is 2.32. The first-order chi connectivity index (χ1) is 17.4. The maximum Gasteiger partial charge on any atom is 0.420 e. The van der Waals surface area contributed by atoms with Crippen LogP contribution >= 0.6 is 27.5 Å². The predicted molar refractivity (Wildman–Crippen MR) is 143 cm³/mol. The number of fused-ring (bicyclic) bond motifs is 2. The zero-order valence-electron chi connectivity index (χ0n) is 19.5. The van der Waals surface area contributed by atoms with Crippen LogP contribution in [0.25, 0.3) is 22.0 Å². The molecule has 0 amide bonds. The summed E-state index contributed by atoms with van der Waals surface area (Å²) >= 11 is 9.70. The Morgan fingerprint density at radius 1 is 1.19 bits per heavy atom. The number of esters is 1. The molecule has 1 fully saturated rings. The van der Waals surface area contributed by atoms with Gasteiger partial charge in [0.15, 0.2) is 5.58 Å². The number of carbonyl (C=O) groups excluding carboxylic acids is 1. The highest BCUT2D eigenvalue weighted by atomic mass is 79.9. The molecule has 0 bridgehead atoms. The fraction of sp³-hybridized carbons (Fsp3) is 0.333. The summed E-state index contributed by atoms with van der Waals surface area (Å²) in [6.45, 7) is 4.06. The molecule has 5 rings (SSSR count). The van der Waals surface area contributed by atoms with E-state index in [0.29, 0.717) is 32.8 Å². The Hall–Kier alpha value is -3.15. The average Bonchev–Trinajstić information content (AvgIpc) is 3.17. The highest BCUT2D eigenvalue weighted by Gasteiger charge is 2.18. The Morgan fingerprint density at radius 2 is 2.00 bits per heavy atom. The van der Waals surface area contributed by atoms with Crippen molar-refractivity contribution in [2.45, 2.75) is 6.54 Å². The SMILES string of the molecule is CN1CCN(c2ccc(Nc3ncnc4cc5oc(=O)n(CCOC(=O)CBr)c5cc34)cc2Cl)CC1. The lowest BCUT2D eigenvalue weighted by Gasteiger charge is -2.34. The third-order valence-corrected chi connectivity index (χ3v) is 6.93. The number of rotatable bonds is 7. The molecule has 188 valence electrons. The molecule has 3 heterocycles. The lowest BCUT2D eigenvalue weighted by atomic mass is 10.2. The van der Waals surface area contributed by atoms with Gasteiger partial charge in [-0.05, 0) is 31.3 Å². The molecule has 36 heavy (non-hydrogen) atoms. The van der Waals surface area contributed by atoms with Crippen molar-refractivity contribution in [1.82, 2.24) is 19.4 Å². The van der Waals surface area contributed by atoms with E-state index in [1.807, 2.05) is 18.2 Å². The van der Waals surface area contributed by atoms with Crippen LogP contribution in [0.4, 0.5) is 17.2 Å². The summed E-state index contributed by atoms with van der Waals surface area (Å²) < 4.78 is 11.9. The van der Waals surface area contributed by atoms with Gasteiger partial charge in [-0.15, -0.1) is 0 Å². The van der Waals surface area contributed by atoms with Crippen molar-refractivity contribution in [2.75, 3.05) is 55.4 Å². The molecular formula is C24H24BrClN6O4. The maximum absolute atomic E-state index is 12.4. The van der Waals surface area contributed by atoms with E-state index >= 15 is 0 Å². The van der Waals surface area contributed by atoms with E-state index in [2.05, 4.69) is 48.1 Å². The zero-order chi connectivity index (χ0) is 25.2. The number of nitrogens with zero attached hydrogens (tertiary/aromatic N) is 5. The van der Waals surface area contributed by atoms with Gasteiger partial charge in [-0.3, -0.25) is 9.36 Å². The summed E-state index contributed by atoms with van der Waals surface area (Å²) in [5.74, 6) is -0.376. The fourth-order valence-electron chi connectivity index (χ4n) is 4.24. The summed E-state index contributed by atoms with van der Waals surface area (Å²) in [7, 11) is 2.12. The number of benzene rings is 2. The second-order valence-electron chi connectivity index (χ2n) is 8.51. The molecule has 1 saturated heterocycles. The summed E-state index contributed by atoms with van der Waals surface area (Å²) in [4.78, 5) is 37.2. The van der Waals surface area contributed by atoms with Gasteiger partial charge in [0.2, 0.25) is 0 Å². The van der Waals surface area contributed by atoms with Crippen LogP contribution in [0.2, 0.25) is 5.02 Å². The molecule has 0 saturated carbocycles. The summed E-state index contributed by atoms with van der Waals surface area (Å²) in [5, 5.41) is 4.78. The topological polar surface area (TPSA) is 106 Å². The number of likely N-dealkylation sites (N-methyl/N-ethyl adjacent to an activating group) is 1. The Kier molecular flexibility index (Phi) is 7.13. The first-order valence-corrected chi connectivity index (χ1v) is 12.9. The number of carbonyl (C=O) groups is 1. The summed E-state index contributed by atoms with van der Waals surface area (Å²) in [6.07, 6.45) is 1.45. The molecule has 12 heteroatoms. The van der Waals surface area contributed by atoms with Crippen molar-refractivity contribution < 1.29 is 13.9 Å². The molecule has 2 aromatic heterocycles. The Bertz CT molecular complexity index is 1480. The number of halogens is 2. The second kappa shape index (κ2) is 10.5. The van der Waals surface area contributed by atoms with Crippen LogP contribution < -0.4 is 16.0 Å². The van der Waals surface area contributed by atoms with Gasteiger partial charge in [0, 0.05) is 43.3 Å². The van der Waals surface area contributed by atoms with Crippen molar-refractivity contribution in [3.8, 4) is 0 Å². The summed E-state index contributed by atoms with van der Waals surface area (Å²) in [5.41, 5.74) is 3.36. The minimum Gasteiger partial charge on any atom is -0.463 e.